The van der Waals surface area contributed by atoms with Crippen LogP contribution < -0.4 is 0 Å². The van der Waals surface area contributed by atoms with Crippen LogP contribution in [0.2, 0.25) is 0 Å². The number of hydrogen-bond donors (Lipinski definition) is 0. The summed E-state index contributed by atoms with van der Waals surface area (Å²) in [6.07, 6.45) is 7.97. The molecule has 1 nitrogen and oxygen atoms in total. The van der Waals surface area contributed by atoms with Gasteiger partial charge in [0.1, 0.15) is 13.1 Å². The van der Waals surface area contributed by atoms with Gasteiger partial charge in [-0.15, -0.1) is 0 Å². The van der Waals surface area contributed by atoms with Crippen LogP contribution in [0.4, 0.5) is 0 Å². The third-order valence-corrected chi connectivity index (χ3v) is 3.68. The fourth-order valence-electron chi connectivity index (χ4n) is 3.02. The van der Waals surface area contributed by atoms with Crippen molar-refractivity contribution in [3.63, 3.8) is 0 Å². The zero-order valence-electron chi connectivity index (χ0n) is 13.9. The van der Waals surface area contributed by atoms with Crippen molar-refractivity contribution in [3.05, 3.63) is 24.3 Å². The van der Waals surface area contributed by atoms with Crippen molar-refractivity contribution in [2.75, 3.05) is 26.2 Å². The van der Waals surface area contributed by atoms with Crippen LogP contribution in [-0.4, -0.2) is 30.7 Å². The molecule has 0 radical (unpaired) electrons. The average molecular weight is 266 g/mol. The Morgan fingerprint density at radius 1 is 0.737 bits per heavy atom. The maximum absolute atomic E-state index is 4.16. The molecule has 0 aliphatic heterocycles. The second-order valence-electron chi connectivity index (χ2n) is 6.43. The molecule has 0 N–H and O–H groups in total. The molecule has 0 atom stereocenters. The summed E-state index contributed by atoms with van der Waals surface area (Å²) in [5, 5.41) is 0. The fourth-order valence-corrected chi connectivity index (χ4v) is 3.02. The molecule has 0 amide bonds. The van der Waals surface area contributed by atoms with Crippen molar-refractivity contribution in [3.8, 4) is 0 Å². The Balaban J connectivity index is 4.73. The molecular formula is C18H36N+. The molecule has 0 aromatic heterocycles. The molecule has 0 unspecified atom stereocenters. The lowest BCUT2D eigenvalue weighted by Crippen LogP contribution is -2.51. The second-order valence-corrected chi connectivity index (χ2v) is 6.43. The van der Waals surface area contributed by atoms with E-state index in [1.165, 1.54) is 67.2 Å². The quantitative estimate of drug-likeness (QED) is 0.254. The average Bonchev–Trinajstić information content (AvgIpc) is 2.27. The minimum absolute atomic E-state index is 1.13. The Hall–Kier alpha value is -0.560. The minimum atomic E-state index is 1.13. The molecule has 1 heteroatoms. The van der Waals surface area contributed by atoms with Crippen LogP contribution in [0, 0.1) is 0 Å². The van der Waals surface area contributed by atoms with Gasteiger partial charge in [-0.1, -0.05) is 39.8 Å². The molecule has 0 aromatic carbocycles. The number of unbranched alkanes of at least 4 members (excludes halogenated alkanes) is 4. The lowest BCUT2D eigenvalue weighted by molar-refractivity contribution is -0.919. The van der Waals surface area contributed by atoms with Crippen molar-refractivity contribution in [2.24, 2.45) is 0 Å². The highest BCUT2D eigenvalue weighted by Gasteiger charge is 2.26. The predicted octanol–water partition coefficient (Wildman–Crippen LogP) is 5.34. The molecule has 19 heavy (non-hydrogen) atoms. The van der Waals surface area contributed by atoms with Crippen LogP contribution in [-0.2, 0) is 0 Å². The molecular weight excluding hydrogens is 230 g/mol. The van der Waals surface area contributed by atoms with Gasteiger partial charge in [-0.2, -0.15) is 0 Å². The van der Waals surface area contributed by atoms with E-state index < -0.39 is 0 Å². The van der Waals surface area contributed by atoms with Crippen LogP contribution in [0.5, 0.6) is 0 Å². The first-order valence-electron chi connectivity index (χ1n) is 8.09. The van der Waals surface area contributed by atoms with Gasteiger partial charge in [0.2, 0.25) is 0 Å². The lowest BCUT2D eigenvalue weighted by Gasteiger charge is -2.39. The smallest absolute Gasteiger partial charge is 0.100 e. The SMILES string of the molecule is C=C(C)C[N+](CCCCC)(CCCCC)CC(=C)C. The highest BCUT2D eigenvalue weighted by molar-refractivity contribution is 4.92. The third-order valence-electron chi connectivity index (χ3n) is 3.68. The third kappa shape index (κ3) is 9.04. The maximum atomic E-state index is 4.16. The molecule has 0 aliphatic carbocycles. The highest BCUT2D eigenvalue weighted by Crippen LogP contribution is 2.18. The van der Waals surface area contributed by atoms with Gasteiger partial charge < -0.3 is 4.48 Å². The molecule has 0 aromatic rings. The second kappa shape index (κ2) is 10.3. The van der Waals surface area contributed by atoms with E-state index in [4.69, 9.17) is 0 Å². The van der Waals surface area contributed by atoms with E-state index in [0.717, 1.165) is 13.1 Å². The van der Waals surface area contributed by atoms with Gasteiger partial charge in [-0.3, -0.25) is 0 Å². The van der Waals surface area contributed by atoms with Gasteiger partial charge in [0.05, 0.1) is 13.1 Å². The van der Waals surface area contributed by atoms with E-state index in [1.54, 1.807) is 0 Å². The van der Waals surface area contributed by atoms with Gasteiger partial charge >= 0.3 is 0 Å². The monoisotopic (exact) mass is 266 g/mol. The van der Waals surface area contributed by atoms with Crippen molar-refractivity contribution in [1.29, 1.82) is 0 Å². The van der Waals surface area contributed by atoms with Gasteiger partial charge in [0.25, 0.3) is 0 Å². The first-order valence-corrected chi connectivity index (χ1v) is 8.09. The first kappa shape index (κ1) is 18.4. The van der Waals surface area contributed by atoms with Crippen molar-refractivity contribution in [1.82, 2.24) is 0 Å². The first-order chi connectivity index (χ1) is 8.95. The summed E-state index contributed by atoms with van der Waals surface area (Å²) >= 11 is 0. The lowest BCUT2D eigenvalue weighted by atomic mass is 10.1. The summed E-state index contributed by atoms with van der Waals surface area (Å²) in [5.74, 6) is 0. The summed E-state index contributed by atoms with van der Waals surface area (Å²) in [6.45, 7) is 22.1. The molecule has 0 rings (SSSR count). The largest absolute Gasteiger partial charge is 0.317 e. The maximum Gasteiger partial charge on any atom is 0.100 e. The fraction of sp³-hybridized carbons (Fsp3) is 0.778. The van der Waals surface area contributed by atoms with E-state index in [9.17, 15) is 0 Å². The Morgan fingerprint density at radius 3 is 1.37 bits per heavy atom. The van der Waals surface area contributed by atoms with Crippen molar-refractivity contribution < 1.29 is 4.48 Å². The van der Waals surface area contributed by atoms with Crippen LogP contribution in [0.3, 0.4) is 0 Å². The summed E-state index contributed by atoms with van der Waals surface area (Å²) in [7, 11) is 0. The van der Waals surface area contributed by atoms with Crippen LogP contribution in [0.15, 0.2) is 24.3 Å². The number of nitrogens with zero attached hydrogens (tertiary/aromatic N) is 1. The number of rotatable bonds is 12. The van der Waals surface area contributed by atoms with E-state index in [2.05, 4.69) is 40.9 Å². The van der Waals surface area contributed by atoms with Crippen molar-refractivity contribution in [2.45, 2.75) is 66.2 Å². The Bertz CT molecular complexity index is 237. The van der Waals surface area contributed by atoms with E-state index in [1.807, 2.05) is 0 Å². The Morgan fingerprint density at radius 2 is 1.11 bits per heavy atom. The highest BCUT2D eigenvalue weighted by atomic mass is 15.3. The molecule has 112 valence electrons. The summed E-state index contributed by atoms with van der Waals surface area (Å²) in [4.78, 5) is 0. The summed E-state index contributed by atoms with van der Waals surface area (Å²) < 4.78 is 1.19. The number of hydrogen-bond acceptors (Lipinski definition) is 0. The summed E-state index contributed by atoms with van der Waals surface area (Å²) in [5.41, 5.74) is 2.63. The minimum Gasteiger partial charge on any atom is -0.317 e. The van der Waals surface area contributed by atoms with Gasteiger partial charge in [-0.25, -0.2) is 0 Å². The molecule has 0 saturated carbocycles. The molecule has 0 aliphatic rings. The summed E-state index contributed by atoms with van der Waals surface area (Å²) in [6, 6.07) is 0. The Labute approximate surface area is 122 Å². The van der Waals surface area contributed by atoms with Crippen molar-refractivity contribution >= 4 is 0 Å². The molecule has 0 bridgehead atoms. The Kier molecular flexibility index (Phi) is 9.95. The van der Waals surface area contributed by atoms with Crippen LogP contribution in [0.25, 0.3) is 0 Å². The zero-order valence-corrected chi connectivity index (χ0v) is 13.9. The van der Waals surface area contributed by atoms with Gasteiger partial charge in [-0.05, 0) is 50.7 Å². The van der Waals surface area contributed by atoms with Gasteiger partial charge in [0.15, 0.2) is 0 Å². The standard InChI is InChI=1S/C18H36N/c1-7-9-11-13-19(15-17(3)4,16-18(5)6)14-12-10-8-2/h3,5,7-16H2,1-2,4,6H3/q+1. The molecule has 0 spiro atoms. The van der Waals surface area contributed by atoms with E-state index in [-0.39, 0.29) is 0 Å². The van der Waals surface area contributed by atoms with Crippen LogP contribution >= 0.6 is 0 Å². The van der Waals surface area contributed by atoms with Gasteiger partial charge in [0, 0.05) is 0 Å². The van der Waals surface area contributed by atoms with E-state index >= 15 is 0 Å². The van der Waals surface area contributed by atoms with E-state index in [0.29, 0.717) is 0 Å². The molecule has 0 fully saturated rings. The molecule has 0 saturated heterocycles. The normalized spacial score (nSPS) is 11.6. The zero-order chi connectivity index (χ0) is 14.7. The topological polar surface area (TPSA) is 0 Å². The number of quaternary nitrogens is 1. The van der Waals surface area contributed by atoms with Crippen LogP contribution in [0.1, 0.15) is 66.2 Å². The predicted molar refractivity (Wildman–Crippen MR) is 88.4 cm³/mol. The molecule has 0 heterocycles.